The molecule has 0 aliphatic rings. The molecule has 0 saturated heterocycles. The third-order valence-electron chi connectivity index (χ3n) is 2.90. The molecule has 2 rings (SSSR count). The van der Waals surface area contributed by atoms with E-state index in [1.165, 1.54) is 0 Å². The van der Waals surface area contributed by atoms with Crippen LogP contribution < -0.4 is 10.6 Å². The van der Waals surface area contributed by atoms with Gasteiger partial charge in [0.1, 0.15) is 5.82 Å². The maximum atomic E-state index is 11.7. The van der Waals surface area contributed by atoms with Gasteiger partial charge < -0.3 is 5.32 Å². The van der Waals surface area contributed by atoms with Gasteiger partial charge in [-0.05, 0) is 24.6 Å². The van der Waals surface area contributed by atoms with Gasteiger partial charge in [0, 0.05) is 30.7 Å². The summed E-state index contributed by atoms with van der Waals surface area (Å²) in [7, 11) is 0. The Hall–Kier alpha value is -2.50. The number of pyridine rings is 1. The highest BCUT2D eigenvalue weighted by atomic mass is 16.2. The molecule has 0 spiro atoms. The van der Waals surface area contributed by atoms with Crippen molar-refractivity contribution in [3.63, 3.8) is 0 Å². The van der Waals surface area contributed by atoms with Crippen LogP contribution in [0.3, 0.4) is 0 Å². The van der Waals surface area contributed by atoms with Crippen molar-refractivity contribution >= 4 is 11.8 Å². The van der Waals surface area contributed by atoms with Crippen LogP contribution >= 0.6 is 0 Å². The topological polar surface area (TPSA) is 79.8 Å². The maximum Gasteiger partial charge on any atom is 0.320 e. The SMILES string of the molecule is CCCCCNC(=O)Nc1ccnc(-c2ccncc2)n1. The van der Waals surface area contributed by atoms with Crippen molar-refractivity contribution in [1.29, 1.82) is 0 Å². The first-order valence-corrected chi connectivity index (χ1v) is 7.08. The van der Waals surface area contributed by atoms with Crippen molar-refractivity contribution in [3.8, 4) is 11.4 Å². The van der Waals surface area contributed by atoms with Crippen LogP contribution in [0.2, 0.25) is 0 Å². The number of rotatable bonds is 6. The van der Waals surface area contributed by atoms with Gasteiger partial charge in [0.25, 0.3) is 0 Å². The molecule has 2 heterocycles. The lowest BCUT2D eigenvalue weighted by Gasteiger charge is -2.07. The molecule has 2 amide bonds. The molecule has 0 aliphatic heterocycles. The van der Waals surface area contributed by atoms with Crippen molar-refractivity contribution in [1.82, 2.24) is 20.3 Å². The van der Waals surface area contributed by atoms with E-state index in [-0.39, 0.29) is 6.03 Å². The molecule has 21 heavy (non-hydrogen) atoms. The van der Waals surface area contributed by atoms with Crippen molar-refractivity contribution < 1.29 is 4.79 Å². The Labute approximate surface area is 124 Å². The van der Waals surface area contributed by atoms with E-state index >= 15 is 0 Å². The van der Waals surface area contributed by atoms with Gasteiger partial charge in [-0.2, -0.15) is 0 Å². The number of amides is 2. The van der Waals surface area contributed by atoms with Crippen LogP contribution in [0.5, 0.6) is 0 Å². The number of nitrogens with one attached hydrogen (secondary N) is 2. The summed E-state index contributed by atoms with van der Waals surface area (Å²) in [5.41, 5.74) is 0.858. The van der Waals surface area contributed by atoms with Gasteiger partial charge in [-0.25, -0.2) is 14.8 Å². The average molecular weight is 285 g/mol. The van der Waals surface area contributed by atoms with E-state index in [2.05, 4.69) is 32.5 Å². The number of carbonyl (C=O) groups excluding carboxylic acids is 1. The molecule has 0 aromatic carbocycles. The number of hydrogen-bond donors (Lipinski definition) is 2. The van der Waals surface area contributed by atoms with Crippen molar-refractivity contribution in [2.24, 2.45) is 0 Å². The van der Waals surface area contributed by atoms with E-state index in [1.54, 1.807) is 24.7 Å². The number of carbonyl (C=O) groups is 1. The number of hydrogen-bond acceptors (Lipinski definition) is 4. The van der Waals surface area contributed by atoms with E-state index in [0.717, 1.165) is 24.8 Å². The Morgan fingerprint density at radius 2 is 1.95 bits per heavy atom. The van der Waals surface area contributed by atoms with Crippen molar-refractivity contribution in [2.45, 2.75) is 26.2 Å². The summed E-state index contributed by atoms with van der Waals surface area (Å²) in [6, 6.07) is 5.06. The molecule has 2 aromatic rings. The fourth-order valence-corrected chi connectivity index (χ4v) is 1.81. The monoisotopic (exact) mass is 285 g/mol. The molecule has 0 fully saturated rings. The van der Waals surface area contributed by atoms with Crippen LogP contribution in [0.25, 0.3) is 11.4 Å². The number of urea groups is 1. The van der Waals surface area contributed by atoms with E-state index in [0.29, 0.717) is 18.2 Å². The molecule has 0 bridgehead atoms. The highest BCUT2D eigenvalue weighted by molar-refractivity contribution is 5.88. The normalized spacial score (nSPS) is 10.1. The summed E-state index contributed by atoms with van der Waals surface area (Å²) in [4.78, 5) is 24.2. The summed E-state index contributed by atoms with van der Waals surface area (Å²) in [5, 5.41) is 5.52. The second-order valence-corrected chi connectivity index (χ2v) is 4.59. The van der Waals surface area contributed by atoms with E-state index in [1.807, 2.05) is 12.1 Å². The lowest BCUT2D eigenvalue weighted by atomic mass is 10.2. The number of unbranched alkanes of at least 4 members (excludes halogenated alkanes) is 2. The number of anilines is 1. The standard InChI is InChI=1S/C15H19N5O/c1-2-3-4-8-18-15(21)20-13-7-11-17-14(19-13)12-5-9-16-10-6-12/h5-7,9-11H,2-4,8H2,1H3,(H2,17,18,19,20,21). The Kier molecular flexibility index (Phi) is 5.63. The second kappa shape index (κ2) is 7.94. The zero-order valence-electron chi connectivity index (χ0n) is 12.0. The molecule has 6 heteroatoms. The molecule has 0 atom stereocenters. The van der Waals surface area contributed by atoms with E-state index < -0.39 is 0 Å². The summed E-state index contributed by atoms with van der Waals surface area (Å²) in [6.07, 6.45) is 8.20. The molecule has 0 aliphatic carbocycles. The number of nitrogens with zero attached hydrogens (tertiary/aromatic N) is 3. The highest BCUT2D eigenvalue weighted by Gasteiger charge is 2.05. The van der Waals surface area contributed by atoms with Gasteiger partial charge in [0.05, 0.1) is 0 Å². The molecule has 110 valence electrons. The molecular weight excluding hydrogens is 266 g/mol. The molecule has 6 nitrogen and oxygen atoms in total. The Balaban J connectivity index is 1.94. The van der Waals surface area contributed by atoms with Crippen molar-refractivity contribution in [2.75, 3.05) is 11.9 Å². The lowest BCUT2D eigenvalue weighted by molar-refractivity contribution is 0.252. The summed E-state index contributed by atoms with van der Waals surface area (Å²) >= 11 is 0. The lowest BCUT2D eigenvalue weighted by Crippen LogP contribution is -2.29. The van der Waals surface area contributed by atoms with Crippen molar-refractivity contribution in [3.05, 3.63) is 36.8 Å². The Bertz CT molecular complexity index is 573. The zero-order valence-corrected chi connectivity index (χ0v) is 12.0. The molecule has 2 aromatic heterocycles. The molecular formula is C15H19N5O. The third-order valence-corrected chi connectivity index (χ3v) is 2.90. The van der Waals surface area contributed by atoms with Gasteiger partial charge in [0.15, 0.2) is 5.82 Å². The predicted molar refractivity (Wildman–Crippen MR) is 81.8 cm³/mol. The molecule has 0 unspecified atom stereocenters. The van der Waals surface area contributed by atoms with Gasteiger partial charge in [-0.1, -0.05) is 19.8 Å². The van der Waals surface area contributed by atoms with Crippen LogP contribution in [-0.2, 0) is 0 Å². The van der Waals surface area contributed by atoms with E-state index in [9.17, 15) is 4.79 Å². The first-order valence-electron chi connectivity index (χ1n) is 7.08. The van der Waals surface area contributed by atoms with Crippen LogP contribution in [-0.4, -0.2) is 27.5 Å². The first-order chi connectivity index (χ1) is 10.3. The van der Waals surface area contributed by atoms with E-state index in [4.69, 9.17) is 0 Å². The van der Waals surface area contributed by atoms with Crippen LogP contribution in [0.15, 0.2) is 36.8 Å². The molecule has 0 radical (unpaired) electrons. The minimum Gasteiger partial charge on any atom is -0.338 e. The molecule has 0 saturated carbocycles. The zero-order chi connectivity index (χ0) is 14.9. The fourth-order valence-electron chi connectivity index (χ4n) is 1.81. The third kappa shape index (κ3) is 4.83. The van der Waals surface area contributed by atoms with Gasteiger partial charge >= 0.3 is 6.03 Å². The summed E-state index contributed by atoms with van der Waals surface area (Å²) in [5.74, 6) is 1.03. The van der Waals surface area contributed by atoms with Crippen LogP contribution in [0, 0.1) is 0 Å². The highest BCUT2D eigenvalue weighted by Crippen LogP contribution is 2.14. The van der Waals surface area contributed by atoms with Gasteiger partial charge in [0.2, 0.25) is 0 Å². The van der Waals surface area contributed by atoms with Crippen LogP contribution in [0.4, 0.5) is 10.6 Å². The van der Waals surface area contributed by atoms with Gasteiger partial charge in [-0.3, -0.25) is 10.3 Å². The van der Waals surface area contributed by atoms with Gasteiger partial charge in [-0.15, -0.1) is 0 Å². The Morgan fingerprint density at radius 3 is 2.71 bits per heavy atom. The minimum absolute atomic E-state index is 0.245. The average Bonchev–Trinajstić information content (AvgIpc) is 2.53. The smallest absolute Gasteiger partial charge is 0.320 e. The summed E-state index contributed by atoms with van der Waals surface area (Å²) < 4.78 is 0. The summed E-state index contributed by atoms with van der Waals surface area (Å²) in [6.45, 7) is 2.80. The predicted octanol–water partition coefficient (Wildman–Crippen LogP) is 2.85. The Morgan fingerprint density at radius 1 is 1.14 bits per heavy atom. The second-order valence-electron chi connectivity index (χ2n) is 4.59. The fraction of sp³-hybridized carbons (Fsp3) is 0.333. The number of aromatic nitrogens is 3. The largest absolute Gasteiger partial charge is 0.338 e. The quantitative estimate of drug-likeness (QED) is 0.800. The molecule has 2 N–H and O–H groups in total. The maximum absolute atomic E-state index is 11.7. The first kappa shape index (κ1) is 14.9. The minimum atomic E-state index is -0.245. The van der Waals surface area contributed by atoms with Crippen LogP contribution in [0.1, 0.15) is 26.2 Å².